The molecule has 4 aliphatic rings. The van der Waals surface area contributed by atoms with Crippen LogP contribution in [0.2, 0.25) is 0 Å². The predicted octanol–water partition coefficient (Wildman–Crippen LogP) is 0.861. The van der Waals surface area contributed by atoms with Crippen LogP contribution in [-0.2, 0) is 24.4 Å². The van der Waals surface area contributed by atoms with E-state index in [-0.39, 0.29) is 29.0 Å². The first-order valence-corrected chi connectivity index (χ1v) is 8.41. The molecule has 1 spiro atoms. The molecule has 0 aromatic heterocycles. The van der Waals surface area contributed by atoms with E-state index in [9.17, 15) is 22.4 Å². The number of esters is 1. The molecule has 4 saturated carbocycles. The molecule has 4 rings (SSSR count). The van der Waals surface area contributed by atoms with Crippen LogP contribution < -0.4 is 0 Å². The lowest BCUT2D eigenvalue weighted by Crippen LogP contribution is -2.48. The van der Waals surface area contributed by atoms with E-state index in [1.807, 2.05) is 0 Å². The van der Waals surface area contributed by atoms with Gasteiger partial charge in [-0.15, -0.1) is 0 Å². The number of alkyl halides is 1. The summed E-state index contributed by atoms with van der Waals surface area (Å²) >= 11 is 0. The second-order valence-electron chi connectivity index (χ2n) is 7.06. The molecule has 0 aliphatic heterocycles. The number of halogens is 1. The van der Waals surface area contributed by atoms with E-state index in [4.69, 9.17) is 9.29 Å². The number of hydrogen-bond donors (Lipinski definition) is 1. The van der Waals surface area contributed by atoms with Crippen LogP contribution in [0.5, 0.6) is 0 Å². The Morgan fingerprint density at radius 1 is 1.48 bits per heavy atom. The van der Waals surface area contributed by atoms with Crippen LogP contribution in [-0.4, -0.2) is 35.3 Å². The van der Waals surface area contributed by atoms with Gasteiger partial charge in [-0.2, -0.15) is 8.42 Å². The third kappa shape index (κ3) is 1.34. The van der Waals surface area contributed by atoms with Crippen LogP contribution in [0.3, 0.4) is 0 Å². The van der Waals surface area contributed by atoms with E-state index in [1.54, 1.807) is 0 Å². The molecule has 4 aliphatic carbocycles. The number of Topliss-reactive ketones (excluding diaryl/α,β-unsaturated/α-hetero) is 1. The number of carbonyl (C=O) groups excluding carboxylic acids is 2. The Bertz CT molecular complexity index is 685. The lowest BCUT2D eigenvalue weighted by atomic mass is 9.60. The van der Waals surface area contributed by atoms with Crippen molar-refractivity contribution in [3.8, 4) is 0 Å². The summed E-state index contributed by atoms with van der Waals surface area (Å²) in [4.78, 5) is 23.9. The SMILES string of the molecule is CC(F)(C(=O)OC12CC3CC4C(CC41C2)C3=O)S(=O)(=O)O. The van der Waals surface area contributed by atoms with E-state index in [0.29, 0.717) is 26.2 Å². The smallest absolute Gasteiger partial charge is 0.362 e. The zero-order valence-corrected chi connectivity index (χ0v) is 12.2. The van der Waals surface area contributed by atoms with Gasteiger partial charge in [0.05, 0.1) is 0 Å². The normalized spacial score (nSPS) is 48.9. The minimum atomic E-state index is -5.20. The maximum absolute atomic E-state index is 14.0. The maximum atomic E-state index is 14.0. The van der Waals surface area contributed by atoms with Gasteiger partial charge in [0.1, 0.15) is 11.4 Å². The first kappa shape index (κ1) is 13.6. The van der Waals surface area contributed by atoms with Gasteiger partial charge in [-0.1, -0.05) is 0 Å². The zero-order valence-electron chi connectivity index (χ0n) is 11.3. The van der Waals surface area contributed by atoms with Gasteiger partial charge in [-0.05, 0) is 38.5 Å². The van der Waals surface area contributed by atoms with Crippen LogP contribution >= 0.6 is 0 Å². The van der Waals surface area contributed by atoms with Gasteiger partial charge in [0.2, 0.25) is 0 Å². The van der Waals surface area contributed by atoms with Crippen LogP contribution in [0, 0.1) is 23.2 Å². The van der Waals surface area contributed by atoms with Crippen molar-refractivity contribution < 1.29 is 31.7 Å². The summed E-state index contributed by atoms with van der Waals surface area (Å²) in [6.07, 6.45) is 2.37. The first-order valence-electron chi connectivity index (χ1n) is 6.97. The van der Waals surface area contributed by atoms with Gasteiger partial charge in [-0.3, -0.25) is 9.35 Å². The Balaban J connectivity index is 1.60. The van der Waals surface area contributed by atoms with Crippen LogP contribution in [0.1, 0.15) is 32.6 Å². The molecule has 4 fully saturated rings. The monoisotopic (exact) mass is 318 g/mol. The van der Waals surface area contributed by atoms with E-state index in [0.717, 1.165) is 6.42 Å². The van der Waals surface area contributed by atoms with Crippen LogP contribution in [0.15, 0.2) is 0 Å². The number of ketones is 1. The second-order valence-corrected chi connectivity index (χ2v) is 8.78. The Morgan fingerprint density at radius 3 is 2.76 bits per heavy atom. The highest BCUT2D eigenvalue weighted by molar-refractivity contribution is 7.87. The molecule has 0 heterocycles. The van der Waals surface area contributed by atoms with Crippen molar-refractivity contribution in [1.82, 2.24) is 0 Å². The van der Waals surface area contributed by atoms with Crippen molar-refractivity contribution in [2.45, 2.75) is 43.2 Å². The summed E-state index contributed by atoms with van der Waals surface area (Å²) in [5.41, 5.74) is -1.16. The van der Waals surface area contributed by atoms with E-state index in [1.165, 1.54) is 0 Å². The van der Waals surface area contributed by atoms with E-state index in [2.05, 4.69) is 0 Å². The topological polar surface area (TPSA) is 97.7 Å². The standard InChI is InChI=1S/C13H15FO6S/c1-11(14,21(17,18)19)10(16)20-13-3-6-2-8-7(9(6)15)4-12(8,13)5-13/h6-8H,2-5H2,1H3,(H,17,18,19). The minimum absolute atomic E-state index is 0.0383. The summed E-state index contributed by atoms with van der Waals surface area (Å²) in [5.74, 6) is -1.32. The van der Waals surface area contributed by atoms with Gasteiger partial charge in [0.15, 0.2) is 0 Å². The third-order valence-corrected chi connectivity index (χ3v) is 7.32. The fraction of sp³-hybridized carbons (Fsp3) is 0.846. The molecule has 0 saturated heterocycles. The zero-order chi connectivity index (χ0) is 15.4. The molecule has 0 radical (unpaired) electrons. The second kappa shape index (κ2) is 3.32. The van der Waals surface area contributed by atoms with Gasteiger partial charge < -0.3 is 4.74 Å². The quantitative estimate of drug-likeness (QED) is 0.612. The fourth-order valence-electron chi connectivity index (χ4n) is 4.93. The molecule has 21 heavy (non-hydrogen) atoms. The molecular formula is C13H15FO6S. The van der Waals surface area contributed by atoms with Crippen LogP contribution in [0.25, 0.3) is 0 Å². The van der Waals surface area contributed by atoms with Crippen molar-refractivity contribution in [3.63, 3.8) is 0 Å². The summed E-state index contributed by atoms with van der Waals surface area (Å²) in [7, 11) is -5.20. The van der Waals surface area contributed by atoms with Crippen molar-refractivity contribution in [2.24, 2.45) is 23.2 Å². The van der Waals surface area contributed by atoms with Crippen molar-refractivity contribution in [1.29, 1.82) is 0 Å². The average molecular weight is 318 g/mol. The summed E-state index contributed by atoms with van der Waals surface area (Å²) in [6, 6.07) is 0. The van der Waals surface area contributed by atoms with Gasteiger partial charge >= 0.3 is 21.1 Å². The molecule has 0 aromatic rings. The van der Waals surface area contributed by atoms with Crippen molar-refractivity contribution in [3.05, 3.63) is 0 Å². The fourth-order valence-corrected chi connectivity index (χ4v) is 5.18. The van der Waals surface area contributed by atoms with Crippen LogP contribution in [0.4, 0.5) is 4.39 Å². The van der Waals surface area contributed by atoms with Gasteiger partial charge in [0, 0.05) is 17.3 Å². The Morgan fingerprint density at radius 2 is 2.14 bits per heavy atom. The number of rotatable bonds is 3. The Kier molecular flexibility index (Phi) is 2.16. The highest BCUT2D eigenvalue weighted by atomic mass is 32.2. The molecule has 116 valence electrons. The largest absolute Gasteiger partial charge is 0.455 e. The molecule has 1 N–H and O–H groups in total. The summed E-state index contributed by atoms with van der Waals surface area (Å²) < 4.78 is 49.9. The molecule has 8 heteroatoms. The lowest BCUT2D eigenvalue weighted by Gasteiger charge is -2.44. The molecule has 0 amide bonds. The Labute approximate surface area is 120 Å². The summed E-state index contributed by atoms with van der Waals surface area (Å²) in [6.45, 7) is 0.475. The van der Waals surface area contributed by atoms with E-state index < -0.39 is 26.7 Å². The predicted molar refractivity (Wildman–Crippen MR) is 66.3 cm³/mol. The molecular weight excluding hydrogens is 303 g/mol. The lowest BCUT2D eigenvalue weighted by molar-refractivity contribution is -0.168. The molecule has 6 unspecified atom stereocenters. The minimum Gasteiger partial charge on any atom is -0.455 e. The van der Waals surface area contributed by atoms with Gasteiger partial charge in [0.25, 0.3) is 0 Å². The van der Waals surface area contributed by atoms with Crippen molar-refractivity contribution >= 4 is 21.9 Å². The molecule has 6 atom stereocenters. The third-order valence-electron chi connectivity index (χ3n) is 6.18. The van der Waals surface area contributed by atoms with E-state index >= 15 is 0 Å². The first-order chi connectivity index (χ1) is 9.54. The number of fused-ring (bicyclic) bond motifs is 1. The van der Waals surface area contributed by atoms with Crippen molar-refractivity contribution in [2.75, 3.05) is 0 Å². The highest BCUT2D eigenvalue weighted by Gasteiger charge is 2.86. The highest BCUT2D eigenvalue weighted by Crippen LogP contribution is 2.83. The maximum Gasteiger partial charge on any atom is 0.362 e. The van der Waals surface area contributed by atoms with Gasteiger partial charge in [-0.25, -0.2) is 9.18 Å². The molecule has 2 bridgehead atoms. The molecule has 0 aromatic carbocycles. The molecule has 6 nitrogen and oxygen atoms in total. The Hall–Kier alpha value is -1.02. The number of ether oxygens (including phenoxy) is 1. The number of hydrogen-bond acceptors (Lipinski definition) is 5. The average Bonchev–Trinajstić information content (AvgIpc) is 2.96. The number of carbonyl (C=O) groups is 2. The summed E-state index contributed by atoms with van der Waals surface area (Å²) in [5, 5.41) is -3.48.